The molecule has 2 aromatic carbocycles. The molecule has 26 heavy (non-hydrogen) atoms. The molecule has 0 aliphatic carbocycles. The number of nitrogens with zero attached hydrogens (tertiary/aromatic N) is 3. The van der Waals surface area contributed by atoms with Crippen LogP contribution in [-0.2, 0) is 4.79 Å². The minimum absolute atomic E-state index is 0.202. The van der Waals surface area contributed by atoms with Crippen LogP contribution in [0.2, 0.25) is 0 Å². The third-order valence-corrected chi connectivity index (χ3v) is 5.76. The smallest absolute Gasteiger partial charge is 0.219 e. The predicted molar refractivity (Wildman–Crippen MR) is 104 cm³/mol. The van der Waals surface area contributed by atoms with Crippen LogP contribution in [0.4, 0.5) is 0 Å². The fraction of sp³-hybridized carbons (Fsp3) is 0.409. The van der Waals surface area contributed by atoms with Gasteiger partial charge in [-0.15, -0.1) is 0 Å². The zero-order chi connectivity index (χ0) is 17.9. The van der Waals surface area contributed by atoms with Gasteiger partial charge in [0.25, 0.3) is 0 Å². The van der Waals surface area contributed by atoms with Crippen LogP contribution in [0.15, 0.2) is 60.7 Å². The van der Waals surface area contributed by atoms with Crippen LogP contribution >= 0.6 is 0 Å². The minimum Gasteiger partial charge on any atom is -0.340 e. The lowest BCUT2D eigenvalue weighted by Gasteiger charge is -2.51. The number of likely N-dealkylation sites (tertiary alicyclic amines) is 1. The highest BCUT2D eigenvalue weighted by Gasteiger charge is 2.38. The summed E-state index contributed by atoms with van der Waals surface area (Å²) in [7, 11) is 0. The molecule has 0 spiro atoms. The number of amides is 1. The Morgan fingerprint density at radius 2 is 1.35 bits per heavy atom. The highest BCUT2D eigenvalue weighted by molar-refractivity contribution is 5.73. The normalized spacial score (nSPS) is 19.5. The van der Waals surface area contributed by atoms with Crippen LogP contribution in [-0.4, -0.2) is 65.9 Å². The summed E-state index contributed by atoms with van der Waals surface area (Å²) in [4.78, 5) is 18.6. The molecule has 0 radical (unpaired) electrons. The first-order chi connectivity index (χ1) is 12.7. The Hall–Kier alpha value is -2.17. The van der Waals surface area contributed by atoms with E-state index in [1.54, 1.807) is 6.92 Å². The van der Waals surface area contributed by atoms with Crippen molar-refractivity contribution in [1.29, 1.82) is 0 Å². The first kappa shape index (κ1) is 17.3. The maximum absolute atomic E-state index is 11.5. The Morgan fingerprint density at radius 1 is 0.846 bits per heavy atom. The summed E-state index contributed by atoms with van der Waals surface area (Å²) in [6, 6.07) is 22.5. The molecule has 0 atom stereocenters. The predicted octanol–water partition coefficient (Wildman–Crippen LogP) is 2.62. The number of benzene rings is 2. The lowest BCUT2D eigenvalue weighted by atomic mass is 9.92. The van der Waals surface area contributed by atoms with E-state index in [-0.39, 0.29) is 5.91 Å². The third-order valence-electron chi connectivity index (χ3n) is 5.76. The molecule has 0 unspecified atom stereocenters. The van der Waals surface area contributed by atoms with Crippen molar-refractivity contribution in [3.63, 3.8) is 0 Å². The van der Waals surface area contributed by atoms with E-state index in [1.165, 1.54) is 11.1 Å². The number of carbonyl (C=O) groups is 1. The number of carbonyl (C=O) groups excluding carboxylic acids is 1. The molecule has 0 saturated carbocycles. The molecular weight excluding hydrogens is 322 g/mol. The lowest BCUT2D eigenvalue weighted by molar-refractivity contribution is -0.131. The summed E-state index contributed by atoms with van der Waals surface area (Å²) in [5.41, 5.74) is 2.72. The Morgan fingerprint density at radius 3 is 1.81 bits per heavy atom. The van der Waals surface area contributed by atoms with Gasteiger partial charge in [0.2, 0.25) is 5.91 Å². The minimum atomic E-state index is 0.202. The molecule has 136 valence electrons. The standard InChI is InChI=1S/C22H27N3O/c1-18(26)23-12-14-24(15-13-23)21-16-25(17-21)22(19-8-4-2-5-9-19)20-10-6-3-7-11-20/h2-11,21-22H,12-17H2,1H3. The van der Waals surface area contributed by atoms with Crippen LogP contribution < -0.4 is 0 Å². The van der Waals surface area contributed by atoms with Crippen LogP contribution in [0.25, 0.3) is 0 Å². The van der Waals surface area contributed by atoms with Crippen LogP contribution in [0, 0.1) is 0 Å². The van der Waals surface area contributed by atoms with Gasteiger partial charge in [-0.25, -0.2) is 0 Å². The van der Waals surface area contributed by atoms with Gasteiger partial charge >= 0.3 is 0 Å². The van der Waals surface area contributed by atoms with Crippen molar-refractivity contribution in [3.05, 3.63) is 71.8 Å². The first-order valence-electron chi connectivity index (χ1n) is 9.56. The molecule has 4 nitrogen and oxygen atoms in total. The van der Waals surface area contributed by atoms with Gasteiger partial charge in [-0.2, -0.15) is 0 Å². The average Bonchev–Trinajstić information content (AvgIpc) is 2.66. The van der Waals surface area contributed by atoms with Crippen molar-refractivity contribution in [2.75, 3.05) is 39.3 Å². The van der Waals surface area contributed by atoms with Crippen molar-refractivity contribution in [1.82, 2.24) is 14.7 Å². The van der Waals surface area contributed by atoms with Crippen LogP contribution in [0.1, 0.15) is 24.1 Å². The third kappa shape index (κ3) is 3.53. The van der Waals surface area contributed by atoms with E-state index in [0.717, 1.165) is 39.3 Å². The maximum atomic E-state index is 11.5. The van der Waals surface area contributed by atoms with Gasteiger partial charge in [0.1, 0.15) is 0 Å². The zero-order valence-corrected chi connectivity index (χ0v) is 15.4. The fourth-order valence-corrected chi connectivity index (χ4v) is 4.22. The topological polar surface area (TPSA) is 26.8 Å². The molecular formula is C22H27N3O. The summed E-state index contributed by atoms with van der Waals surface area (Å²) < 4.78 is 0. The number of hydrogen-bond donors (Lipinski definition) is 0. The number of piperazine rings is 1. The summed E-state index contributed by atoms with van der Waals surface area (Å²) in [5.74, 6) is 0.202. The quantitative estimate of drug-likeness (QED) is 0.849. The number of rotatable bonds is 4. The number of hydrogen-bond acceptors (Lipinski definition) is 3. The van der Waals surface area contributed by atoms with Crippen molar-refractivity contribution >= 4 is 5.91 Å². The van der Waals surface area contributed by atoms with Crippen molar-refractivity contribution in [3.8, 4) is 0 Å². The first-order valence-corrected chi connectivity index (χ1v) is 9.56. The van der Waals surface area contributed by atoms with E-state index in [4.69, 9.17) is 0 Å². The molecule has 0 N–H and O–H groups in total. The van der Waals surface area contributed by atoms with Gasteiger partial charge in [-0.1, -0.05) is 60.7 Å². The highest BCUT2D eigenvalue weighted by atomic mass is 16.2. The van der Waals surface area contributed by atoms with E-state index in [2.05, 4.69) is 70.5 Å². The van der Waals surface area contributed by atoms with Gasteiger partial charge in [0, 0.05) is 52.2 Å². The molecule has 0 aromatic heterocycles. The maximum Gasteiger partial charge on any atom is 0.219 e. The molecule has 0 bridgehead atoms. The summed E-state index contributed by atoms with van der Waals surface area (Å²) in [5, 5.41) is 0. The van der Waals surface area contributed by atoms with Gasteiger partial charge in [-0.3, -0.25) is 14.6 Å². The van der Waals surface area contributed by atoms with E-state index in [1.807, 2.05) is 4.90 Å². The van der Waals surface area contributed by atoms with Crippen LogP contribution in [0.5, 0.6) is 0 Å². The molecule has 2 heterocycles. The Kier molecular flexibility index (Phi) is 5.05. The molecule has 4 heteroatoms. The lowest BCUT2D eigenvalue weighted by Crippen LogP contribution is -2.63. The fourth-order valence-electron chi connectivity index (χ4n) is 4.22. The second-order valence-corrected chi connectivity index (χ2v) is 7.37. The Balaban J connectivity index is 1.43. The van der Waals surface area contributed by atoms with Gasteiger partial charge in [0.15, 0.2) is 0 Å². The molecule has 2 aromatic rings. The van der Waals surface area contributed by atoms with E-state index in [0.29, 0.717) is 12.1 Å². The van der Waals surface area contributed by atoms with Crippen molar-refractivity contribution < 1.29 is 4.79 Å². The average molecular weight is 349 g/mol. The van der Waals surface area contributed by atoms with Crippen LogP contribution in [0.3, 0.4) is 0 Å². The molecule has 2 saturated heterocycles. The molecule has 1 amide bonds. The SMILES string of the molecule is CC(=O)N1CCN(C2CN(C(c3ccccc3)c3ccccc3)C2)CC1. The second kappa shape index (κ2) is 7.60. The van der Waals surface area contributed by atoms with Crippen molar-refractivity contribution in [2.45, 2.75) is 19.0 Å². The molecule has 2 fully saturated rings. The Labute approximate surface area is 156 Å². The second-order valence-electron chi connectivity index (χ2n) is 7.37. The monoisotopic (exact) mass is 349 g/mol. The molecule has 2 aliphatic heterocycles. The largest absolute Gasteiger partial charge is 0.340 e. The van der Waals surface area contributed by atoms with Gasteiger partial charge in [-0.05, 0) is 11.1 Å². The van der Waals surface area contributed by atoms with Gasteiger partial charge < -0.3 is 4.90 Å². The van der Waals surface area contributed by atoms with Gasteiger partial charge in [0.05, 0.1) is 6.04 Å². The summed E-state index contributed by atoms with van der Waals surface area (Å²) in [6.45, 7) is 7.59. The molecule has 2 aliphatic rings. The Bertz CT molecular complexity index is 680. The zero-order valence-electron chi connectivity index (χ0n) is 15.4. The van der Waals surface area contributed by atoms with E-state index >= 15 is 0 Å². The summed E-state index contributed by atoms with van der Waals surface area (Å²) >= 11 is 0. The highest BCUT2D eigenvalue weighted by Crippen LogP contribution is 2.33. The van der Waals surface area contributed by atoms with Crippen molar-refractivity contribution in [2.24, 2.45) is 0 Å². The van der Waals surface area contributed by atoms with E-state index < -0.39 is 0 Å². The van der Waals surface area contributed by atoms with E-state index in [9.17, 15) is 4.79 Å². The summed E-state index contributed by atoms with van der Waals surface area (Å²) in [6.07, 6.45) is 0. The molecule has 4 rings (SSSR count).